The summed E-state index contributed by atoms with van der Waals surface area (Å²) in [5.74, 6) is -0.645. The van der Waals surface area contributed by atoms with Gasteiger partial charge in [-0.1, -0.05) is 27.3 Å². The molecule has 0 bridgehead atoms. The maximum absolute atomic E-state index is 11.7. The molecule has 1 aromatic heterocycles. The van der Waals surface area contributed by atoms with Crippen LogP contribution in [0.4, 0.5) is 0 Å². The predicted octanol–water partition coefficient (Wildman–Crippen LogP) is 2.48. The molecule has 2 aromatic rings. The van der Waals surface area contributed by atoms with E-state index in [2.05, 4.69) is 20.9 Å². The van der Waals surface area contributed by atoms with Crippen molar-refractivity contribution in [2.75, 3.05) is 6.61 Å². The van der Waals surface area contributed by atoms with Gasteiger partial charge in [0.15, 0.2) is 4.80 Å². The van der Waals surface area contributed by atoms with Crippen LogP contribution in [0.3, 0.4) is 0 Å². The molecule has 0 fully saturated rings. The summed E-state index contributed by atoms with van der Waals surface area (Å²) in [5.41, 5.74) is 0.853. The third-order valence-corrected chi connectivity index (χ3v) is 4.02. The van der Waals surface area contributed by atoms with Crippen LogP contribution in [0, 0.1) is 0 Å². The molecule has 106 valence electrons. The number of aromatic nitrogens is 1. The quantitative estimate of drug-likeness (QED) is 0.793. The Morgan fingerprint density at radius 1 is 1.45 bits per heavy atom. The molecule has 0 aliphatic carbocycles. The zero-order valence-corrected chi connectivity index (χ0v) is 13.5. The molecule has 7 heteroatoms. The average Bonchev–Trinajstić information content (AvgIpc) is 2.66. The van der Waals surface area contributed by atoms with Gasteiger partial charge >= 0.3 is 5.97 Å². The van der Waals surface area contributed by atoms with Crippen LogP contribution >= 0.6 is 27.3 Å². The number of carbonyl (C=O) groups is 2. The number of halogens is 1. The van der Waals surface area contributed by atoms with Crippen LogP contribution < -0.4 is 4.80 Å². The number of fused-ring (bicyclic) bond motifs is 1. The van der Waals surface area contributed by atoms with Crippen molar-refractivity contribution < 1.29 is 14.3 Å². The standard InChI is InChI=1S/C13H13BrN2O3S/c1-3-19-12(18)7-16-10-5-4-9(14)6-11(10)20-13(16)15-8(2)17/h4-6H,3,7H2,1-2H3. The molecule has 20 heavy (non-hydrogen) atoms. The van der Waals surface area contributed by atoms with E-state index in [1.165, 1.54) is 18.3 Å². The zero-order valence-electron chi connectivity index (χ0n) is 11.1. The van der Waals surface area contributed by atoms with Crippen LogP contribution in [0.5, 0.6) is 0 Å². The largest absolute Gasteiger partial charge is 0.465 e. The lowest BCUT2D eigenvalue weighted by Crippen LogP contribution is -2.22. The van der Waals surface area contributed by atoms with Crippen molar-refractivity contribution in [3.05, 3.63) is 27.5 Å². The Balaban J connectivity index is 2.59. The Kier molecular flexibility index (Phi) is 4.72. The van der Waals surface area contributed by atoms with Gasteiger partial charge in [-0.3, -0.25) is 9.59 Å². The first-order valence-electron chi connectivity index (χ1n) is 6.01. The van der Waals surface area contributed by atoms with Gasteiger partial charge in [-0.2, -0.15) is 4.99 Å². The third kappa shape index (κ3) is 3.34. The van der Waals surface area contributed by atoms with Crippen LogP contribution in [0.15, 0.2) is 27.7 Å². The number of benzene rings is 1. The second kappa shape index (κ2) is 6.32. The highest BCUT2D eigenvalue weighted by atomic mass is 79.9. The minimum absolute atomic E-state index is 0.0432. The summed E-state index contributed by atoms with van der Waals surface area (Å²) in [6.07, 6.45) is 0. The number of ether oxygens (including phenoxy) is 1. The molecule has 1 heterocycles. The number of carbonyl (C=O) groups excluding carboxylic acids is 2. The highest BCUT2D eigenvalue weighted by Crippen LogP contribution is 2.22. The van der Waals surface area contributed by atoms with Crippen molar-refractivity contribution in [1.82, 2.24) is 4.57 Å². The lowest BCUT2D eigenvalue weighted by Gasteiger charge is -2.04. The summed E-state index contributed by atoms with van der Waals surface area (Å²) in [4.78, 5) is 27.4. The predicted molar refractivity (Wildman–Crippen MR) is 80.4 cm³/mol. The van der Waals surface area contributed by atoms with Crippen LogP contribution in [-0.4, -0.2) is 23.1 Å². The topological polar surface area (TPSA) is 60.7 Å². The van der Waals surface area contributed by atoms with Crippen molar-refractivity contribution in [3.8, 4) is 0 Å². The molecule has 0 unspecified atom stereocenters. The van der Waals surface area contributed by atoms with E-state index in [9.17, 15) is 9.59 Å². The monoisotopic (exact) mass is 356 g/mol. The first-order valence-corrected chi connectivity index (χ1v) is 7.62. The molecule has 0 atom stereocenters. The second-order valence-corrected chi connectivity index (χ2v) is 5.94. The van der Waals surface area contributed by atoms with Crippen molar-refractivity contribution in [2.45, 2.75) is 20.4 Å². The Hall–Kier alpha value is -1.47. The molecule has 0 saturated heterocycles. The van der Waals surface area contributed by atoms with E-state index >= 15 is 0 Å². The van der Waals surface area contributed by atoms with Gasteiger partial charge in [0, 0.05) is 11.4 Å². The van der Waals surface area contributed by atoms with E-state index in [-0.39, 0.29) is 18.4 Å². The number of hydrogen-bond acceptors (Lipinski definition) is 4. The normalized spacial score (nSPS) is 11.8. The highest BCUT2D eigenvalue weighted by molar-refractivity contribution is 9.10. The Labute approximate surface area is 128 Å². The molecular formula is C13H13BrN2O3S. The van der Waals surface area contributed by atoms with E-state index in [1.54, 1.807) is 11.5 Å². The summed E-state index contributed by atoms with van der Waals surface area (Å²) in [6, 6.07) is 5.70. The summed E-state index contributed by atoms with van der Waals surface area (Å²) >= 11 is 4.77. The number of esters is 1. The maximum atomic E-state index is 11.7. The van der Waals surface area contributed by atoms with E-state index < -0.39 is 0 Å². The highest BCUT2D eigenvalue weighted by Gasteiger charge is 2.11. The molecule has 0 aliphatic rings. The van der Waals surface area contributed by atoms with Crippen molar-refractivity contribution >= 4 is 49.4 Å². The van der Waals surface area contributed by atoms with Crippen LogP contribution in [0.1, 0.15) is 13.8 Å². The number of rotatable bonds is 3. The fourth-order valence-corrected chi connectivity index (χ4v) is 3.38. The van der Waals surface area contributed by atoms with Gasteiger partial charge in [0.25, 0.3) is 0 Å². The van der Waals surface area contributed by atoms with Gasteiger partial charge in [-0.15, -0.1) is 0 Å². The molecular weight excluding hydrogens is 344 g/mol. The Bertz CT molecular complexity index is 733. The Morgan fingerprint density at radius 2 is 2.20 bits per heavy atom. The molecule has 1 aromatic carbocycles. The average molecular weight is 357 g/mol. The van der Waals surface area contributed by atoms with Crippen LogP contribution in [-0.2, 0) is 20.9 Å². The van der Waals surface area contributed by atoms with Crippen molar-refractivity contribution in [2.24, 2.45) is 4.99 Å². The number of hydrogen-bond donors (Lipinski definition) is 0. The SMILES string of the molecule is CCOC(=O)Cn1c(=NC(C)=O)sc2cc(Br)ccc21. The van der Waals surface area contributed by atoms with Crippen molar-refractivity contribution in [1.29, 1.82) is 0 Å². The van der Waals surface area contributed by atoms with Gasteiger partial charge in [-0.25, -0.2) is 0 Å². The summed E-state index contributed by atoms with van der Waals surface area (Å²) in [7, 11) is 0. The van der Waals surface area contributed by atoms with E-state index in [0.29, 0.717) is 11.4 Å². The fourth-order valence-electron chi connectivity index (χ4n) is 1.76. The third-order valence-electron chi connectivity index (χ3n) is 2.49. The number of thiazole rings is 1. The van der Waals surface area contributed by atoms with Gasteiger partial charge in [0.05, 0.1) is 16.8 Å². The molecule has 0 N–H and O–H groups in total. The molecule has 0 aliphatic heterocycles. The fraction of sp³-hybridized carbons (Fsp3) is 0.308. The first kappa shape index (κ1) is 14.9. The van der Waals surface area contributed by atoms with Gasteiger partial charge < -0.3 is 9.30 Å². The van der Waals surface area contributed by atoms with Crippen LogP contribution in [0.2, 0.25) is 0 Å². The lowest BCUT2D eigenvalue weighted by atomic mass is 10.3. The maximum Gasteiger partial charge on any atom is 0.326 e. The molecule has 1 amide bonds. The molecule has 0 saturated carbocycles. The van der Waals surface area contributed by atoms with E-state index in [1.807, 2.05) is 18.2 Å². The smallest absolute Gasteiger partial charge is 0.326 e. The molecule has 0 radical (unpaired) electrons. The van der Waals surface area contributed by atoms with Gasteiger partial charge in [0.1, 0.15) is 6.54 Å². The minimum atomic E-state index is -0.347. The molecule has 5 nitrogen and oxygen atoms in total. The molecule has 2 rings (SSSR count). The zero-order chi connectivity index (χ0) is 14.7. The van der Waals surface area contributed by atoms with Crippen molar-refractivity contribution in [3.63, 3.8) is 0 Å². The van der Waals surface area contributed by atoms with E-state index in [4.69, 9.17) is 4.74 Å². The number of nitrogens with zero attached hydrogens (tertiary/aromatic N) is 2. The number of amides is 1. The van der Waals surface area contributed by atoms with Gasteiger partial charge in [-0.05, 0) is 25.1 Å². The minimum Gasteiger partial charge on any atom is -0.465 e. The summed E-state index contributed by atoms with van der Waals surface area (Å²) in [6.45, 7) is 3.51. The van der Waals surface area contributed by atoms with Gasteiger partial charge in [0.2, 0.25) is 5.91 Å². The first-order chi connectivity index (χ1) is 9.51. The lowest BCUT2D eigenvalue weighted by molar-refractivity contribution is -0.143. The van der Waals surface area contributed by atoms with Crippen LogP contribution in [0.25, 0.3) is 10.2 Å². The summed E-state index contributed by atoms with van der Waals surface area (Å²) in [5, 5.41) is 0. The second-order valence-electron chi connectivity index (χ2n) is 4.02. The Morgan fingerprint density at radius 3 is 2.85 bits per heavy atom. The van der Waals surface area contributed by atoms with E-state index in [0.717, 1.165) is 14.7 Å². The molecule has 0 spiro atoms. The summed E-state index contributed by atoms with van der Waals surface area (Å²) < 4.78 is 8.54.